The second-order valence-electron chi connectivity index (χ2n) is 5.34. The number of hydrogen-bond acceptors (Lipinski definition) is 5. The fourth-order valence-electron chi connectivity index (χ4n) is 2.40. The quantitative estimate of drug-likeness (QED) is 0.858. The van der Waals surface area contributed by atoms with Crippen LogP contribution in [0.5, 0.6) is 5.88 Å². The molecule has 1 unspecified atom stereocenters. The molecule has 0 spiro atoms. The van der Waals surface area contributed by atoms with Gasteiger partial charge >= 0.3 is 12.0 Å². The first-order valence-electron chi connectivity index (χ1n) is 7.08. The van der Waals surface area contributed by atoms with E-state index in [1.807, 2.05) is 0 Å². The summed E-state index contributed by atoms with van der Waals surface area (Å²) in [5.74, 6) is -3.89. The van der Waals surface area contributed by atoms with Crippen LogP contribution in [-0.2, 0) is 4.84 Å². The monoisotopic (exact) mass is 356 g/mol. The van der Waals surface area contributed by atoms with Crippen LogP contribution in [0.25, 0.3) is 11.1 Å². The first-order chi connectivity index (χ1) is 11.7. The normalized spacial score (nSPS) is 20.2. The minimum Gasteiger partial charge on any atom is -0.481 e. The van der Waals surface area contributed by atoms with Crippen LogP contribution in [0.1, 0.15) is 12.0 Å². The average Bonchev–Trinajstić information content (AvgIpc) is 2.98. The summed E-state index contributed by atoms with van der Waals surface area (Å²) in [5.41, 5.74) is 0.428. The maximum atomic E-state index is 14.5. The second kappa shape index (κ2) is 5.99. The minimum absolute atomic E-state index is 0.0734. The van der Waals surface area contributed by atoms with Crippen LogP contribution >= 0.6 is 0 Å². The Hall–Kier alpha value is -2.68. The molecule has 9 heteroatoms. The number of aliphatic hydroxyl groups is 1. The summed E-state index contributed by atoms with van der Waals surface area (Å²) >= 11 is 0. The molecule has 0 saturated heterocycles. The highest BCUT2D eigenvalue weighted by molar-refractivity contribution is 6.02. The van der Waals surface area contributed by atoms with Gasteiger partial charge in [0.05, 0.1) is 19.2 Å². The summed E-state index contributed by atoms with van der Waals surface area (Å²) < 4.78 is 57.8. The molecule has 0 radical (unpaired) electrons. The summed E-state index contributed by atoms with van der Waals surface area (Å²) in [5, 5.41) is 12.7. The van der Waals surface area contributed by atoms with E-state index in [1.165, 1.54) is 25.4 Å². The van der Waals surface area contributed by atoms with E-state index in [2.05, 4.69) is 15.0 Å². The van der Waals surface area contributed by atoms with Crippen molar-refractivity contribution in [2.75, 3.05) is 7.11 Å². The average molecular weight is 356 g/mol. The molecule has 1 aromatic carbocycles. The Balaban J connectivity index is 1.92. The number of rotatable bonds is 3. The van der Waals surface area contributed by atoms with E-state index in [0.29, 0.717) is 5.56 Å². The van der Waals surface area contributed by atoms with E-state index in [0.717, 1.165) is 6.07 Å². The van der Waals surface area contributed by atoms with Gasteiger partial charge in [-0.15, -0.1) is 0 Å². The Labute approximate surface area is 139 Å². The van der Waals surface area contributed by atoms with Crippen LogP contribution in [0.3, 0.4) is 0 Å². The molecule has 1 atom stereocenters. The molecule has 1 aliphatic heterocycles. The summed E-state index contributed by atoms with van der Waals surface area (Å²) in [6.45, 7) is 0. The Morgan fingerprint density at radius 3 is 2.60 bits per heavy atom. The van der Waals surface area contributed by atoms with E-state index in [1.54, 1.807) is 12.1 Å². The zero-order chi connectivity index (χ0) is 18.2. The van der Waals surface area contributed by atoms with Gasteiger partial charge in [0.25, 0.3) is 0 Å². The van der Waals surface area contributed by atoms with Crippen LogP contribution in [0.2, 0.25) is 0 Å². The summed E-state index contributed by atoms with van der Waals surface area (Å²) in [6, 6.07) is 6.98. The number of benzene rings is 1. The highest BCUT2D eigenvalue weighted by atomic mass is 19.4. The van der Waals surface area contributed by atoms with E-state index in [4.69, 9.17) is 4.74 Å². The number of halogens is 4. The third-order valence-corrected chi connectivity index (χ3v) is 3.71. The van der Waals surface area contributed by atoms with E-state index < -0.39 is 24.2 Å². The molecule has 3 rings (SSSR count). The molecule has 0 aliphatic carbocycles. The van der Waals surface area contributed by atoms with Gasteiger partial charge < -0.3 is 14.7 Å². The van der Waals surface area contributed by atoms with E-state index >= 15 is 0 Å². The van der Waals surface area contributed by atoms with Gasteiger partial charge in [-0.1, -0.05) is 17.3 Å². The topological polar surface area (TPSA) is 63.9 Å². The fraction of sp³-hybridized carbons (Fsp3) is 0.250. The van der Waals surface area contributed by atoms with Crippen LogP contribution < -0.4 is 4.74 Å². The summed E-state index contributed by atoms with van der Waals surface area (Å²) in [7, 11) is 1.39. The predicted octanol–water partition coefficient (Wildman–Crippen LogP) is 3.27. The lowest BCUT2D eigenvalue weighted by Gasteiger charge is -2.22. The summed E-state index contributed by atoms with van der Waals surface area (Å²) in [4.78, 5) is 8.10. The molecular formula is C16H12F4N2O3. The third kappa shape index (κ3) is 3.02. The maximum absolute atomic E-state index is 14.5. The number of ether oxygens (including phenoxy) is 1. The fourth-order valence-corrected chi connectivity index (χ4v) is 2.40. The Morgan fingerprint density at radius 1 is 1.24 bits per heavy atom. The van der Waals surface area contributed by atoms with Crippen LogP contribution in [-0.4, -0.2) is 34.9 Å². The number of aromatic nitrogens is 1. The van der Waals surface area contributed by atoms with Gasteiger partial charge in [0.15, 0.2) is 0 Å². The van der Waals surface area contributed by atoms with Gasteiger partial charge in [0.2, 0.25) is 5.88 Å². The first-order valence-corrected chi connectivity index (χ1v) is 7.08. The molecule has 5 nitrogen and oxygen atoms in total. The van der Waals surface area contributed by atoms with Crippen molar-refractivity contribution in [3.63, 3.8) is 0 Å². The highest BCUT2D eigenvalue weighted by Crippen LogP contribution is 2.39. The lowest BCUT2D eigenvalue weighted by atomic mass is 9.99. The maximum Gasteiger partial charge on any atom is 0.458 e. The van der Waals surface area contributed by atoms with Crippen molar-refractivity contribution in [2.45, 2.75) is 18.4 Å². The van der Waals surface area contributed by atoms with Crippen molar-refractivity contribution < 1.29 is 32.2 Å². The van der Waals surface area contributed by atoms with Gasteiger partial charge in [-0.05, 0) is 18.2 Å². The van der Waals surface area contributed by atoms with Crippen LogP contribution in [0.4, 0.5) is 17.6 Å². The van der Waals surface area contributed by atoms with Crippen molar-refractivity contribution in [3.8, 4) is 17.0 Å². The van der Waals surface area contributed by atoms with Crippen molar-refractivity contribution >= 4 is 5.71 Å². The Kier molecular flexibility index (Phi) is 4.11. The molecule has 132 valence electrons. The number of pyridine rings is 1. The lowest BCUT2D eigenvalue weighted by molar-refractivity contribution is -0.355. The molecule has 2 aromatic rings. The van der Waals surface area contributed by atoms with Gasteiger partial charge in [0, 0.05) is 22.9 Å². The molecule has 0 bridgehead atoms. The lowest BCUT2D eigenvalue weighted by Crippen LogP contribution is -2.45. The number of oxime groups is 1. The van der Waals surface area contributed by atoms with Crippen molar-refractivity contribution in [1.82, 2.24) is 4.98 Å². The highest BCUT2D eigenvalue weighted by Gasteiger charge is 2.60. The number of hydrogen-bond donors (Lipinski definition) is 1. The van der Waals surface area contributed by atoms with Gasteiger partial charge in [-0.3, -0.25) is 0 Å². The third-order valence-electron chi connectivity index (χ3n) is 3.71. The molecule has 1 N–H and O–H groups in total. The minimum atomic E-state index is -5.01. The number of alkyl halides is 3. The first kappa shape index (κ1) is 17.2. The Bertz CT molecular complexity index is 838. The van der Waals surface area contributed by atoms with E-state index in [9.17, 15) is 22.7 Å². The summed E-state index contributed by atoms with van der Waals surface area (Å²) in [6.07, 6.45) is -4.46. The molecule has 0 fully saturated rings. The van der Waals surface area contributed by atoms with E-state index in [-0.39, 0.29) is 22.7 Å². The molecule has 1 aliphatic rings. The molecular weight excluding hydrogens is 344 g/mol. The second-order valence-corrected chi connectivity index (χ2v) is 5.34. The largest absolute Gasteiger partial charge is 0.481 e. The van der Waals surface area contributed by atoms with Crippen LogP contribution in [0.15, 0.2) is 41.7 Å². The zero-order valence-electron chi connectivity index (χ0n) is 12.8. The van der Waals surface area contributed by atoms with Crippen molar-refractivity contribution in [1.29, 1.82) is 0 Å². The molecule has 25 heavy (non-hydrogen) atoms. The SMILES string of the molecule is COc1ncccc1-c1ccc(C2=NOC(O)(C(F)(F)F)C2)cc1F. The molecule has 0 amide bonds. The van der Waals surface area contributed by atoms with Gasteiger partial charge in [-0.25, -0.2) is 9.37 Å². The zero-order valence-corrected chi connectivity index (χ0v) is 12.8. The van der Waals surface area contributed by atoms with Crippen molar-refractivity contribution in [2.24, 2.45) is 5.16 Å². The van der Waals surface area contributed by atoms with Gasteiger partial charge in [0.1, 0.15) is 5.82 Å². The van der Waals surface area contributed by atoms with Crippen molar-refractivity contribution in [3.05, 3.63) is 47.9 Å². The number of nitrogens with zero attached hydrogens (tertiary/aromatic N) is 2. The Morgan fingerprint density at radius 2 is 2.00 bits per heavy atom. The van der Waals surface area contributed by atoms with Crippen LogP contribution in [0, 0.1) is 5.82 Å². The molecule has 2 heterocycles. The molecule has 1 aromatic heterocycles. The smallest absolute Gasteiger partial charge is 0.458 e. The number of methoxy groups -OCH3 is 1. The molecule has 0 saturated carbocycles. The predicted molar refractivity (Wildman–Crippen MR) is 79.4 cm³/mol. The van der Waals surface area contributed by atoms with Gasteiger partial charge in [-0.2, -0.15) is 13.2 Å². The standard InChI is InChI=1S/C16H12F4N2O3/c1-24-14-11(3-2-6-21-14)10-5-4-9(7-12(10)17)13-8-15(23,25-22-13)16(18,19)20/h2-7,23H,8H2,1H3.